The van der Waals surface area contributed by atoms with Crippen LogP contribution < -0.4 is 5.32 Å². The van der Waals surface area contributed by atoms with Crippen molar-refractivity contribution >= 4 is 46.0 Å². The molecule has 1 unspecified atom stereocenters. The number of aromatic nitrogens is 3. The lowest BCUT2D eigenvalue weighted by molar-refractivity contribution is -0.132. The van der Waals surface area contributed by atoms with E-state index in [-0.39, 0.29) is 11.8 Å². The van der Waals surface area contributed by atoms with Gasteiger partial charge in [-0.1, -0.05) is 41.9 Å². The van der Waals surface area contributed by atoms with Crippen molar-refractivity contribution in [3.8, 4) is 0 Å². The minimum atomic E-state index is -0.501. The fraction of sp³-hybridized carbons (Fsp3) is 0.273. The third kappa shape index (κ3) is 4.86. The number of thiazole rings is 1. The van der Waals surface area contributed by atoms with Crippen LogP contribution in [0.5, 0.6) is 0 Å². The summed E-state index contributed by atoms with van der Waals surface area (Å²) in [7, 11) is 0. The van der Waals surface area contributed by atoms with Crippen molar-refractivity contribution in [1.82, 2.24) is 19.7 Å². The summed E-state index contributed by atoms with van der Waals surface area (Å²) in [6.45, 7) is 2.95. The van der Waals surface area contributed by atoms with Gasteiger partial charge >= 0.3 is 0 Å². The number of carbonyl (C=O) groups is 2. The first-order valence-electron chi connectivity index (χ1n) is 9.99. The standard InChI is InChI=1S/C22H22ClN5O2S/c1-15-17(20(23)28(26-15)14-16-6-3-2-4-7-16)9-10-19(29)27-12-5-8-18(27)21(30)25-22-24-11-13-31-22/h2-4,6-7,9-11,13,18H,5,8,12,14H2,1H3,(H,24,25,30)/b10-9+. The van der Waals surface area contributed by atoms with E-state index in [1.807, 2.05) is 37.3 Å². The van der Waals surface area contributed by atoms with E-state index in [1.54, 1.807) is 27.2 Å². The Kier molecular flexibility index (Phi) is 6.48. The van der Waals surface area contributed by atoms with Gasteiger partial charge in [0.25, 0.3) is 0 Å². The van der Waals surface area contributed by atoms with Crippen LogP contribution >= 0.6 is 22.9 Å². The third-order valence-electron chi connectivity index (χ3n) is 5.18. The zero-order chi connectivity index (χ0) is 21.8. The summed E-state index contributed by atoms with van der Waals surface area (Å²) >= 11 is 7.88. The maximum absolute atomic E-state index is 12.8. The molecule has 1 N–H and O–H groups in total. The number of aryl methyl sites for hydroxylation is 1. The summed E-state index contributed by atoms with van der Waals surface area (Å²) in [6.07, 6.45) is 6.20. The number of hydrogen-bond acceptors (Lipinski definition) is 5. The van der Waals surface area contributed by atoms with Crippen molar-refractivity contribution < 1.29 is 9.59 Å². The van der Waals surface area contributed by atoms with E-state index in [9.17, 15) is 9.59 Å². The quantitative estimate of drug-likeness (QED) is 0.570. The lowest BCUT2D eigenvalue weighted by Gasteiger charge is -2.22. The lowest BCUT2D eigenvalue weighted by Crippen LogP contribution is -2.42. The molecule has 0 aliphatic carbocycles. The lowest BCUT2D eigenvalue weighted by atomic mass is 10.2. The molecule has 1 fully saturated rings. The van der Waals surface area contributed by atoms with Crippen LogP contribution in [0.2, 0.25) is 5.15 Å². The maximum atomic E-state index is 12.8. The number of likely N-dealkylation sites (tertiary alicyclic amines) is 1. The van der Waals surface area contributed by atoms with Gasteiger partial charge in [0.15, 0.2) is 5.13 Å². The number of benzene rings is 1. The Bertz CT molecular complexity index is 1090. The summed E-state index contributed by atoms with van der Waals surface area (Å²) in [4.78, 5) is 31.1. The van der Waals surface area contributed by atoms with Crippen LogP contribution in [-0.2, 0) is 16.1 Å². The van der Waals surface area contributed by atoms with Crippen molar-refractivity contribution in [3.63, 3.8) is 0 Å². The van der Waals surface area contributed by atoms with Crippen LogP contribution in [0.1, 0.15) is 29.7 Å². The summed E-state index contributed by atoms with van der Waals surface area (Å²) in [5.74, 6) is -0.429. The van der Waals surface area contributed by atoms with Crippen molar-refractivity contribution in [2.24, 2.45) is 0 Å². The first kappa shape index (κ1) is 21.3. The fourth-order valence-corrected chi connectivity index (χ4v) is 4.47. The Balaban J connectivity index is 1.45. The molecule has 1 atom stereocenters. The van der Waals surface area contributed by atoms with E-state index in [1.165, 1.54) is 17.4 Å². The summed E-state index contributed by atoms with van der Waals surface area (Å²) in [5.41, 5.74) is 2.53. The van der Waals surface area contributed by atoms with Gasteiger partial charge < -0.3 is 10.2 Å². The minimum Gasteiger partial charge on any atom is -0.327 e. The highest BCUT2D eigenvalue weighted by atomic mass is 35.5. The number of amides is 2. The van der Waals surface area contributed by atoms with Crippen molar-refractivity contribution in [2.75, 3.05) is 11.9 Å². The molecular formula is C22H22ClN5O2S. The molecule has 1 aromatic carbocycles. The zero-order valence-electron chi connectivity index (χ0n) is 17.0. The van der Waals surface area contributed by atoms with Gasteiger partial charge in [-0.2, -0.15) is 5.10 Å². The number of hydrogen-bond donors (Lipinski definition) is 1. The number of anilines is 1. The molecule has 1 aliphatic rings. The first-order chi connectivity index (χ1) is 15.0. The Morgan fingerprint density at radius 1 is 1.32 bits per heavy atom. The number of carbonyl (C=O) groups excluding carboxylic acids is 2. The number of nitrogens with one attached hydrogen (secondary N) is 1. The smallest absolute Gasteiger partial charge is 0.248 e. The SMILES string of the molecule is Cc1nn(Cc2ccccc2)c(Cl)c1/C=C/C(=O)N1CCCC1C(=O)Nc1nccs1. The van der Waals surface area contributed by atoms with Crippen LogP contribution in [0.3, 0.4) is 0 Å². The van der Waals surface area contributed by atoms with Gasteiger partial charge in [0.1, 0.15) is 11.2 Å². The van der Waals surface area contributed by atoms with Crippen molar-refractivity contribution in [3.05, 3.63) is 70.0 Å². The van der Waals surface area contributed by atoms with Crippen LogP contribution in [0.15, 0.2) is 48.0 Å². The number of nitrogens with zero attached hydrogens (tertiary/aromatic N) is 4. The molecule has 9 heteroatoms. The molecule has 2 amide bonds. The molecule has 0 bridgehead atoms. The van der Waals surface area contributed by atoms with E-state index in [2.05, 4.69) is 15.4 Å². The van der Waals surface area contributed by atoms with Gasteiger partial charge in [-0.05, 0) is 31.4 Å². The highest BCUT2D eigenvalue weighted by Gasteiger charge is 2.33. The van der Waals surface area contributed by atoms with E-state index in [0.717, 1.165) is 17.7 Å². The summed E-state index contributed by atoms with van der Waals surface area (Å²) in [6, 6.07) is 9.42. The second kappa shape index (κ2) is 9.45. The van der Waals surface area contributed by atoms with Gasteiger partial charge in [-0.3, -0.25) is 9.59 Å². The fourth-order valence-electron chi connectivity index (χ4n) is 3.64. The Morgan fingerprint density at radius 3 is 2.87 bits per heavy atom. The second-order valence-electron chi connectivity index (χ2n) is 7.28. The zero-order valence-corrected chi connectivity index (χ0v) is 18.6. The van der Waals surface area contributed by atoms with E-state index < -0.39 is 6.04 Å². The largest absolute Gasteiger partial charge is 0.327 e. The Hall–Kier alpha value is -2.97. The van der Waals surface area contributed by atoms with Gasteiger partial charge in [-0.25, -0.2) is 9.67 Å². The highest BCUT2D eigenvalue weighted by Crippen LogP contribution is 2.24. The van der Waals surface area contributed by atoms with Crippen LogP contribution in [0, 0.1) is 6.92 Å². The first-order valence-corrected chi connectivity index (χ1v) is 11.2. The number of halogens is 1. The number of rotatable bonds is 6. The average molecular weight is 456 g/mol. The molecule has 4 rings (SSSR count). The predicted octanol–water partition coefficient (Wildman–Crippen LogP) is 3.99. The predicted molar refractivity (Wildman–Crippen MR) is 122 cm³/mol. The molecule has 0 saturated carbocycles. The molecule has 2 aromatic heterocycles. The average Bonchev–Trinajstić information content (AvgIpc) is 3.50. The van der Waals surface area contributed by atoms with E-state index in [4.69, 9.17) is 11.6 Å². The van der Waals surface area contributed by atoms with Gasteiger partial charge in [-0.15, -0.1) is 11.3 Å². The van der Waals surface area contributed by atoms with Crippen molar-refractivity contribution in [1.29, 1.82) is 0 Å². The Morgan fingerprint density at radius 2 is 2.13 bits per heavy atom. The van der Waals surface area contributed by atoms with Crippen LogP contribution in [0.4, 0.5) is 5.13 Å². The van der Waals surface area contributed by atoms with E-state index >= 15 is 0 Å². The van der Waals surface area contributed by atoms with Crippen LogP contribution in [-0.4, -0.2) is 44.1 Å². The molecule has 1 aliphatic heterocycles. The van der Waals surface area contributed by atoms with Crippen molar-refractivity contribution in [2.45, 2.75) is 32.4 Å². The Labute approximate surface area is 189 Å². The molecule has 31 heavy (non-hydrogen) atoms. The molecule has 0 spiro atoms. The van der Waals surface area contributed by atoms with Gasteiger partial charge in [0, 0.05) is 29.8 Å². The van der Waals surface area contributed by atoms with E-state index in [0.29, 0.717) is 35.4 Å². The maximum Gasteiger partial charge on any atom is 0.248 e. The molecular weight excluding hydrogens is 434 g/mol. The molecule has 160 valence electrons. The molecule has 3 heterocycles. The summed E-state index contributed by atoms with van der Waals surface area (Å²) < 4.78 is 1.72. The normalized spacial score (nSPS) is 16.2. The molecule has 1 saturated heterocycles. The van der Waals surface area contributed by atoms with Crippen LogP contribution in [0.25, 0.3) is 6.08 Å². The summed E-state index contributed by atoms with van der Waals surface area (Å²) in [5, 5.41) is 10.1. The van der Waals surface area contributed by atoms with Gasteiger partial charge in [0.2, 0.25) is 11.8 Å². The third-order valence-corrected chi connectivity index (χ3v) is 6.27. The topological polar surface area (TPSA) is 80.1 Å². The second-order valence-corrected chi connectivity index (χ2v) is 8.54. The minimum absolute atomic E-state index is 0.209. The molecule has 0 radical (unpaired) electrons. The molecule has 3 aromatic rings. The van der Waals surface area contributed by atoms with Gasteiger partial charge in [0.05, 0.1) is 12.2 Å². The highest BCUT2D eigenvalue weighted by molar-refractivity contribution is 7.13. The monoisotopic (exact) mass is 455 g/mol. The molecule has 7 nitrogen and oxygen atoms in total.